The highest BCUT2D eigenvalue weighted by Crippen LogP contribution is 2.36. The molecular weight excluding hydrogens is 250 g/mol. The van der Waals surface area contributed by atoms with Crippen molar-refractivity contribution >= 4 is 11.4 Å². The molecule has 1 aliphatic rings. The van der Waals surface area contributed by atoms with Gasteiger partial charge < -0.3 is 16.2 Å². The molecule has 0 atom stereocenters. The van der Waals surface area contributed by atoms with E-state index >= 15 is 0 Å². The van der Waals surface area contributed by atoms with Gasteiger partial charge in [-0.1, -0.05) is 19.3 Å². The van der Waals surface area contributed by atoms with Crippen molar-refractivity contribution < 1.29 is 5.11 Å². The first-order valence-electron chi connectivity index (χ1n) is 7.29. The number of hydrogen-bond acceptors (Lipinski definition) is 4. The fraction of sp³-hybridized carbons (Fsp3) is 0.562. The fourth-order valence-electron chi connectivity index (χ4n) is 2.94. The van der Waals surface area contributed by atoms with Crippen LogP contribution in [0, 0.1) is 16.7 Å². The molecule has 0 heterocycles. The summed E-state index contributed by atoms with van der Waals surface area (Å²) >= 11 is 0. The highest BCUT2D eigenvalue weighted by atomic mass is 16.3. The van der Waals surface area contributed by atoms with Crippen LogP contribution < -0.4 is 11.1 Å². The molecular formula is C16H23N3O. The normalized spacial score (nSPS) is 17.4. The molecule has 0 aromatic heterocycles. The largest absolute Gasteiger partial charge is 0.398 e. The molecule has 1 fully saturated rings. The van der Waals surface area contributed by atoms with Crippen LogP contribution in [0.3, 0.4) is 0 Å². The minimum atomic E-state index is 0.00896. The van der Waals surface area contributed by atoms with E-state index in [4.69, 9.17) is 11.0 Å². The van der Waals surface area contributed by atoms with Crippen LogP contribution in [0.5, 0.6) is 0 Å². The Morgan fingerprint density at radius 3 is 2.70 bits per heavy atom. The van der Waals surface area contributed by atoms with Crippen molar-refractivity contribution in [1.29, 1.82) is 5.26 Å². The molecule has 0 unspecified atom stereocenters. The summed E-state index contributed by atoms with van der Waals surface area (Å²) in [6, 6.07) is 7.83. The average Bonchev–Trinajstić information content (AvgIpc) is 2.49. The van der Waals surface area contributed by atoms with Crippen molar-refractivity contribution in [3.8, 4) is 6.07 Å². The van der Waals surface area contributed by atoms with Crippen LogP contribution in [-0.4, -0.2) is 18.3 Å². The molecule has 1 saturated carbocycles. The number of aliphatic hydroxyl groups excluding tert-OH is 1. The van der Waals surface area contributed by atoms with Crippen LogP contribution in [0.4, 0.5) is 11.4 Å². The lowest BCUT2D eigenvalue weighted by molar-refractivity contribution is 0.0944. The van der Waals surface area contributed by atoms with E-state index in [1.54, 1.807) is 0 Å². The van der Waals surface area contributed by atoms with Gasteiger partial charge in [0, 0.05) is 23.3 Å². The SMILES string of the molecule is N#CCc1cc(NCC2(CO)CCCCC2)ccc1N. The number of nitrogens with zero attached hydrogens (tertiary/aromatic N) is 1. The highest BCUT2D eigenvalue weighted by Gasteiger charge is 2.31. The Bertz CT molecular complexity index is 487. The molecule has 0 aliphatic heterocycles. The molecule has 0 amide bonds. The van der Waals surface area contributed by atoms with Gasteiger partial charge in [0.25, 0.3) is 0 Å². The summed E-state index contributed by atoms with van der Waals surface area (Å²) in [6.45, 7) is 1.01. The van der Waals surface area contributed by atoms with Gasteiger partial charge in [-0.05, 0) is 36.6 Å². The molecule has 2 rings (SSSR count). The molecule has 4 heteroatoms. The van der Waals surface area contributed by atoms with Crippen molar-refractivity contribution in [1.82, 2.24) is 0 Å². The minimum absolute atomic E-state index is 0.00896. The number of benzene rings is 1. The first kappa shape index (κ1) is 14.7. The number of rotatable bonds is 5. The Kier molecular flexibility index (Phi) is 4.86. The second-order valence-electron chi connectivity index (χ2n) is 5.82. The second-order valence-corrected chi connectivity index (χ2v) is 5.82. The summed E-state index contributed by atoms with van der Waals surface area (Å²) in [6.07, 6.45) is 6.16. The summed E-state index contributed by atoms with van der Waals surface area (Å²) in [5.74, 6) is 0. The third-order valence-corrected chi connectivity index (χ3v) is 4.33. The Labute approximate surface area is 120 Å². The average molecular weight is 273 g/mol. The van der Waals surface area contributed by atoms with Gasteiger partial charge in [-0.25, -0.2) is 0 Å². The van der Waals surface area contributed by atoms with E-state index in [1.807, 2.05) is 18.2 Å². The van der Waals surface area contributed by atoms with E-state index in [0.717, 1.165) is 30.6 Å². The first-order valence-corrected chi connectivity index (χ1v) is 7.29. The van der Waals surface area contributed by atoms with Gasteiger partial charge in [-0.15, -0.1) is 0 Å². The van der Waals surface area contributed by atoms with Gasteiger partial charge >= 0.3 is 0 Å². The van der Waals surface area contributed by atoms with E-state index in [1.165, 1.54) is 19.3 Å². The molecule has 1 aromatic rings. The zero-order chi connectivity index (χ0) is 14.4. The third kappa shape index (κ3) is 3.43. The molecule has 0 spiro atoms. The van der Waals surface area contributed by atoms with Gasteiger partial charge in [0.05, 0.1) is 19.1 Å². The van der Waals surface area contributed by atoms with Gasteiger partial charge in [0.2, 0.25) is 0 Å². The monoisotopic (exact) mass is 273 g/mol. The molecule has 108 valence electrons. The zero-order valence-corrected chi connectivity index (χ0v) is 11.9. The molecule has 0 saturated heterocycles. The maximum atomic E-state index is 9.70. The number of nitrogens with two attached hydrogens (primary N) is 1. The lowest BCUT2D eigenvalue weighted by atomic mass is 9.74. The van der Waals surface area contributed by atoms with Crippen LogP contribution >= 0.6 is 0 Å². The second kappa shape index (κ2) is 6.62. The Morgan fingerprint density at radius 1 is 1.30 bits per heavy atom. The molecule has 20 heavy (non-hydrogen) atoms. The topological polar surface area (TPSA) is 82.1 Å². The molecule has 1 aliphatic carbocycles. The van der Waals surface area contributed by atoms with Crippen molar-refractivity contribution in [3.05, 3.63) is 23.8 Å². The Balaban J connectivity index is 2.02. The lowest BCUT2D eigenvalue weighted by Crippen LogP contribution is -2.35. The van der Waals surface area contributed by atoms with Crippen molar-refractivity contribution in [3.63, 3.8) is 0 Å². The quantitative estimate of drug-likeness (QED) is 0.720. The van der Waals surface area contributed by atoms with Crippen LogP contribution in [-0.2, 0) is 6.42 Å². The number of hydrogen-bond donors (Lipinski definition) is 3. The van der Waals surface area contributed by atoms with Crippen LogP contribution in [0.15, 0.2) is 18.2 Å². The van der Waals surface area contributed by atoms with Crippen molar-refractivity contribution in [2.24, 2.45) is 5.41 Å². The summed E-state index contributed by atoms with van der Waals surface area (Å²) in [5.41, 5.74) is 8.35. The predicted octanol–water partition coefficient (Wildman–Crippen LogP) is 2.69. The molecule has 4 nitrogen and oxygen atoms in total. The first-order chi connectivity index (χ1) is 9.69. The number of nitriles is 1. The van der Waals surface area contributed by atoms with Gasteiger partial charge in [-0.3, -0.25) is 0 Å². The standard InChI is InChI=1S/C16H23N3O/c17-9-6-13-10-14(4-5-15(13)18)19-11-16(12-20)7-2-1-3-8-16/h4-5,10,19-20H,1-3,6-8,11-12,18H2. The van der Waals surface area contributed by atoms with Crippen LogP contribution in [0.1, 0.15) is 37.7 Å². The molecule has 0 radical (unpaired) electrons. The lowest BCUT2D eigenvalue weighted by Gasteiger charge is -2.36. The zero-order valence-electron chi connectivity index (χ0n) is 11.9. The van der Waals surface area contributed by atoms with E-state index in [0.29, 0.717) is 12.1 Å². The van der Waals surface area contributed by atoms with E-state index in [2.05, 4.69) is 11.4 Å². The summed E-state index contributed by atoms with van der Waals surface area (Å²) in [4.78, 5) is 0. The number of nitrogens with one attached hydrogen (secondary N) is 1. The van der Waals surface area contributed by atoms with E-state index < -0.39 is 0 Å². The van der Waals surface area contributed by atoms with Crippen molar-refractivity contribution in [2.45, 2.75) is 38.5 Å². The molecule has 4 N–H and O–H groups in total. The van der Waals surface area contributed by atoms with E-state index in [-0.39, 0.29) is 12.0 Å². The Hall–Kier alpha value is -1.73. The third-order valence-electron chi connectivity index (χ3n) is 4.33. The molecule has 1 aromatic carbocycles. The highest BCUT2D eigenvalue weighted by molar-refractivity contribution is 5.58. The summed E-state index contributed by atoms with van der Waals surface area (Å²) in [5, 5.41) is 21.9. The van der Waals surface area contributed by atoms with E-state index in [9.17, 15) is 5.11 Å². The van der Waals surface area contributed by atoms with Crippen molar-refractivity contribution in [2.75, 3.05) is 24.2 Å². The fourth-order valence-corrected chi connectivity index (χ4v) is 2.94. The smallest absolute Gasteiger partial charge is 0.0670 e. The predicted molar refractivity (Wildman–Crippen MR) is 81.3 cm³/mol. The van der Waals surface area contributed by atoms with Gasteiger partial charge in [-0.2, -0.15) is 5.26 Å². The number of nitrogen functional groups attached to an aromatic ring is 1. The van der Waals surface area contributed by atoms with Crippen LogP contribution in [0.2, 0.25) is 0 Å². The number of aliphatic hydroxyl groups is 1. The number of anilines is 2. The Morgan fingerprint density at radius 2 is 2.05 bits per heavy atom. The van der Waals surface area contributed by atoms with Crippen LogP contribution in [0.25, 0.3) is 0 Å². The maximum Gasteiger partial charge on any atom is 0.0670 e. The molecule has 0 bridgehead atoms. The van der Waals surface area contributed by atoms with Gasteiger partial charge in [0.15, 0.2) is 0 Å². The maximum absolute atomic E-state index is 9.70. The van der Waals surface area contributed by atoms with Gasteiger partial charge in [0.1, 0.15) is 0 Å². The summed E-state index contributed by atoms with van der Waals surface area (Å²) < 4.78 is 0. The summed E-state index contributed by atoms with van der Waals surface area (Å²) in [7, 11) is 0. The minimum Gasteiger partial charge on any atom is -0.398 e.